The SMILES string of the molecule is CC(C#N)S(=O)(=O)Nc1ncc(C#CCN)s1. The van der Waals surface area contributed by atoms with E-state index in [2.05, 4.69) is 21.5 Å². The molecule has 3 N–H and O–H groups in total. The van der Waals surface area contributed by atoms with E-state index in [0.29, 0.717) is 4.88 Å². The molecule has 17 heavy (non-hydrogen) atoms. The fourth-order valence-electron chi connectivity index (χ4n) is 0.797. The van der Waals surface area contributed by atoms with Gasteiger partial charge < -0.3 is 5.73 Å². The van der Waals surface area contributed by atoms with Crippen molar-refractivity contribution in [3.8, 4) is 17.9 Å². The Kier molecular flexibility index (Phi) is 4.46. The molecule has 1 aromatic rings. The number of nitrogens with one attached hydrogen (secondary N) is 1. The molecule has 0 radical (unpaired) electrons. The van der Waals surface area contributed by atoms with Crippen LogP contribution in [0.2, 0.25) is 0 Å². The molecule has 0 saturated carbocycles. The third-order valence-corrected chi connectivity index (χ3v) is 4.17. The lowest BCUT2D eigenvalue weighted by Gasteiger charge is -2.04. The van der Waals surface area contributed by atoms with E-state index in [1.54, 1.807) is 6.07 Å². The number of thiazole rings is 1. The first-order chi connectivity index (χ1) is 7.99. The number of nitriles is 1. The van der Waals surface area contributed by atoms with Crippen LogP contribution in [0.5, 0.6) is 0 Å². The molecular weight excluding hydrogens is 260 g/mol. The number of aromatic nitrogens is 1. The van der Waals surface area contributed by atoms with Crippen molar-refractivity contribution in [1.29, 1.82) is 5.26 Å². The van der Waals surface area contributed by atoms with Crippen LogP contribution in [-0.2, 0) is 10.0 Å². The highest BCUT2D eigenvalue weighted by atomic mass is 32.2. The van der Waals surface area contributed by atoms with Crippen LogP contribution in [0, 0.1) is 23.2 Å². The lowest BCUT2D eigenvalue weighted by atomic mass is 10.5. The number of sulfonamides is 1. The summed E-state index contributed by atoms with van der Waals surface area (Å²) in [5.41, 5.74) is 5.21. The average Bonchev–Trinajstić information content (AvgIpc) is 2.72. The quantitative estimate of drug-likeness (QED) is 0.757. The van der Waals surface area contributed by atoms with Crippen LogP contribution in [0.1, 0.15) is 11.8 Å². The first-order valence-corrected chi connectivity index (χ1v) is 6.92. The molecule has 8 heteroatoms. The molecule has 0 saturated heterocycles. The summed E-state index contributed by atoms with van der Waals surface area (Å²) in [6, 6.07) is 1.65. The molecule has 0 aliphatic carbocycles. The molecule has 90 valence electrons. The Hall–Kier alpha value is -1.61. The Bertz CT molecular complexity index is 588. The molecule has 0 aromatic carbocycles. The lowest BCUT2D eigenvalue weighted by Crippen LogP contribution is -2.23. The van der Waals surface area contributed by atoms with Crippen molar-refractivity contribution in [2.75, 3.05) is 11.3 Å². The lowest BCUT2D eigenvalue weighted by molar-refractivity contribution is 0.597. The Balaban J connectivity index is 2.84. The van der Waals surface area contributed by atoms with E-state index >= 15 is 0 Å². The van der Waals surface area contributed by atoms with Crippen molar-refractivity contribution in [2.45, 2.75) is 12.2 Å². The van der Waals surface area contributed by atoms with Crippen LogP contribution in [0.25, 0.3) is 0 Å². The molecule has 0 amide bonds. The molecule has 0 aliphatic heterocycles. The van der Waals surface area contributed by atoms with Gasteiger partial charge in [-0.2, -0.15) is 5.26 Å². The molecular formula is C9H10N4O2S2. The molecule has 1 atom stereocenters. The second kappa shape index (κ2) is 5.64. The van der Waals surface area contributed by atoms with Gasteiger partial charge in [0.15, 0.2) is 10.4 Å². The summed E-state index contributed by atoms with van der Waals surface area (Å²) < 4.78 is 25.3. The normalized spacial score (nSPS) is 12.1. The first kappa shape index (κ1) is 13.5. The first-order valence-electron chi connectivity index (χ1n) is 4.55. The van der Waals surface area contributed by atoms with Crippen molar-refractivity contribution in [3.63, 3.8) is 0 Å². The maximum Gasteiger partial charge on any atom is 0.250 e. The van der Waals surface area contributed by atoms with Gasteiger partial charge in [0, 0.05) is 0 Å². The highest BCUT2D eigenvalue weighted by Crippen LogP contribution is 2.19. The van der Waals surface area contributed by atoms with Gasteiger partial charge in [-0.05, 0) is 6.92 Å². The Labute approximate surface area is 104 Å². The smallest absolute Gasteiger partial charge is 0.250 e. The number of hydrogen-bond donors (Lipinski definition) is 2. The van der Waals surface area contributed by atoms with E-state index in [0.717, 1.165) is 11.3 Å². The van der Waals surface area contributed by atoms with E-state index in [9.17, 15) is 8.42 Å². The predicted octanol–water partition coefficient (Wildman–Crippen LogP) is 0.107. The Morgan fingerprint density at radius 1 is 1.71 bits per heavy atom. The summed E-state index contributed by atoms with van der Waals surface area (Å²) in [7, 11) is -3.71. The third-order valence-electron chi connectivity index (χ3n) is 1.70. The van der Waals surface area contributed by atoms with Gasteiger partial charge in [0.2, 0.25) is 0 Å². The monoisotopic (exact) mass is 270 g/mol. The van der Waals surface area contributed by atoms with Gasteiger partial charge in [0.1, 0.15) is 0 Å². The van der Waals surface area contributed by atoms with Crippen LogP contribution in [0.3, 0.4) is 0 Å². The molecule has 1 rings (SSSR count). The maximum absolute atomic E-state index is 11.5. The molecule has 6 nitrogen and oxygen atoms in total. The summed E-state index contributed by atoms with van der Waals surface area (Å²) >= 11 is 1.09. The van der Waals surface area contributed by atoms with Gasteiger partial charge in [-0.3, -0.25) is 4.72 Å². The zero-order valence-electron chi connectivity index (χ0n) is 8.97. The Morgan fingerprint density at radius 2 is 2.41 bits per heavy atom. The summed E-state index contributed by atoms with van der Waals surface area (Å²) in [6.07, 6.45) is 1.45. The molecule has 0 spiro atoms. The van der Waals surface area contributed by atoms with Crippen molar-refractivity contribution in [1.82, 2.24) is 4.98 Å². The third kappa shape index (κ3) is 3.71. The van der Waals surface area contributed by atoms with Crippen molar-refractivity contribution >= 4 is 26.5 Å². The number of hydrogen-bond acceptors (Lipinski definition) is 6. The van der Waals surface area contributed by atoms with Gasteiger partial charge in [-0.25, -0.2) is 13.4 Å². The maximum atomic E-state index is 11.5. The molecule has 1 aromatic heterocycles. The minimum absolute atomic E-state index is 0.188. The standard InChI is InChI=1S/C9H10N4O2S2/c1-7(5-11)17(14,15)13-9-12-6-8(16-9)3-2-4-10/h6-7H,4,10H2,1H3,(H,12,13). The van der Waals surface area contributed by atoms with Crippen molar-refractivity contribution in [2.24, 2.45) is 5.73 Å². The van der Waals surface area contributed by atoms with Crippen LogP contribution in [-0.4, -0.2) is 25.2 Å². The average molecular weight is 270 g/mol. The van der Waals surface area contributed by atoms with Gasteiger partial charge >= 0.3 is 0 Å². The fourth-order valence-corrected chi connectivity index (χ4v) is 2.47. The zero-order valence-corrected chi connectivity index (χ0v) is 10.6. The van der Waals surface area contributed by atoms with Gasteiger partial charge in [0.05, 0.1) is 23.7 Å². The molecule has 0 fully saturated rings. The molecule has 1 heterocycles. The van der Waals surface area contributed by atoms with Crippen molar-refractivity contribution in [3.05, 3.63) is 11.1 Å². The van der Waals surface area contributed by atoms with Gasteiger partial charge in [0.25, 0.3) is 10.0 Å². The fraction of sp³-hybridized carbons (Fsp3) is 0.333. The summed E-state index contributed by atoms with van der Waals surface area (Å²) in [4.78, 5) is 4.46. The predicted molar refractivity (Wildman–Crippen MR) is 65.7 cm³/mol. The van der Waals surface area contributed by atoms with E-state index in [4.69, 9.17) is 11.0 Å². The molecule has 0 bridgehead atoms. The van der Waals surface area contributed by atoms with Crippen LogP contribution >= 0.6 is 11.3 Å². The molecule has 0 aliphatic rings. The summed E-state index contributed by atoms with van der Waals surface area (Å²) in [5.74, 6) is 5.37. The Morgan fingerprint density at radius 3 is 3.00 bits per heavy atom. The number of anilines is 1. The van der Waals surface area contributed by atoms with E-state index < -0.39 is 15.3 Å². The van der Waals surface area contributed by atoms with E-state index in [1.807, 2.05) is 0 Å². The van der Waals surface area contributed by atoms with E-state index in [-0.39, 0.29) is 11.7 Å². The van der Waals surface area contributed by atoms with Crippen molar-refractivity contribution < 1.29 is 8.42 Å². The zero-order chi connectivity index (χ0) is 12.9. The van der Waals surface area contributed by atoms with Gasteiger partial charge in [-0.1, -0.05) is 23.2 Å². The minimum atomic E-state index is -3.71. The number of nitrogens with two attached hydrogens (primary N) is 1. The number of nitrogens with zero attached hydrogens (tertiary/aromatic N) is 2. The molecule has 1 unspecified atom stereocenters. The largest absolute Gasteiger partial charge is 0.320 e. The highest BCUT2D eigenvalue weighted by molar-refractivity contribution is 7.93. The summed E-state index contributed by atoms with van der Waals surface area (Å²) in [6.45, 7) is 1.52. The van der Waals surface area contributed by atoms with Gasteiger partial charge in [-0.15, -0.1) is 0 Å². The van der Waals surface area contributed by atoms with E-state index in [1.165, 1.54) is 13.1 Å². The minimum Gasteiger partial charge on any atom is -0.320 e. The summed E-state index contributed by atoms with van der Waals surface area (Å²) in [5, 5.41) is 7.60. The second-order valence-electron chi connectivity index (χ2n) is 2.95. The number of rotatable bonds is 3. The second-order valence-corrected chi connectivity index (χ2v) is 5.99. The van der Waals surface area contributed by atoms with Crippen LogP contribution < -0.4 is 10.5 Å². The topological polar surface area (TPSA) is 109 Å². The van der Waals surface area contributed by atoms with Crippen LogP contribution in [0.4, 0.5) is 5.13 Å². The van der Waals surface area contributed by atoms with Crippen LogP contribution in [0.15, 0.2) is 6.20 Å². The highest BCUT2D eigenvalue weighted by Gasteiger charge is 2.21.